The maximum Gasteiger partial charge on any atom is 0.257 e. The summed E-state index contributed by atoms with van der Waals surface area (Å²) in [4.78, 5) is 24.5. The van der Waals surface area contributed by atoms with Crippen LogP contribution in [0.2, 0.25) is 5.02 Å². The molecule has 1 aromatic rings. The van der Waals surface area contributed by atoms with Crippen LogP contribution in [-0.4, -0.2) is 36.9 Å². The molecule has 0 radical (unpaired) electrons. The maximum atomic E-state index is 13.5. The predicted molar refractivity (Wildman–Crippen MR) is 67.1 cm³/mol. The first-order chi connectivity index (χ1) is 8.49. The van der Waals surface area contributed by atoms with Crippen LogP contribution in [0.25, 0.3) is 0 Å². The Hall–Kier alpha value is -1.62. The summed E-state index contributed by atoms with van der Waals surface area (Å²) in [6.45, 7) is 1.90. The van der Waals surface area contributed by atoms with Gasteiger partial charge in [-0.1, -0.05) is 11.6 Å². The van der Waals surface area contributed by atoms with Gasteiger partial charge in [-0.15, -0.1) is 0 Å². The SMILES string of the molecule is CCN(CC(=O)NC)C(=O)c1cc(Cl)ccc1F. The zero-order chi connectivity index (χ0) is 13.7. The lowest BCUT2D eigenvalue weighted by atomic mass is 10.2. The standard InChI is InChI=1S/C12H14ClFN2O2/c1-3-16(7-11(17)15-2)12(18)9-6-8(13)4-5-10(9)14/h4-6H,3,7H2,1-2H3,(H,15,17). The summed E-state index contributed by atoms with van der Waals surface area (Å²) in [6, 6.07) is 3.75. The average molecular weight is 273 g/mol. The van der Waals surface area contributed by atoms with E-state index in [1.165, 1.54) is 24.1 Å². The molecular weight excluding hydrogens is 259 g/mol. The molecule has 0 unspecified atom stereocenters. The second-order valence-electron chi connectivity index (χ2n) is 3.62. The minimum Gasteiger partial charge on any atom is -0.358 e. The van der Waals surface area contributed by atoms with E-state index in [1.54, 1.807) is 6.92 Å². The van der Waals surface area contributed by atoms with E-state index in [9.17, 15) is 14.0 Å². The Morgan fingerprint density at radius 2 is 2.11 bits per heavy atom. The van der Waals surface area contributed by atoms with Crippen LogP contribution >= 0.6 is 11.6 Å². The van der Waals surface area contributed by atoms with Crippen LogP contribution in [0.4, 0.5) is 4.39 Å². The highest BCUT2D eigenvalue weighted by Gasteiger charge is 2.20. The fourth-order valence-electron chi connectivity index (χ4n) is 1.41. The first-order valence-corrected chi connectivity index (χ1v) is 5.82. The summed E-state index contributed by atoms with van der Waals surface area (Å²) in [5, 5.41) is 2.68. The first-order valence-electron chi connectivity index (χ1n) is 5.44. The number of nitrogens with zero attached hydrogens (tertiary/aromatic N) is 1. The van der Waals surface area contributed by atoms with Crippen molar-refractivity contribution in [2.24, 2.45) is 0 Å². The maximum absolute atomic E-state index is 13.5. The van der Waals surface area contributed by atoms with E-state index < -0.39 is 11.7 Å². The largest absolute Gasteiger partial charge is 0.358 e. The predicted octanol–water partition coefficient (Wildman–Crippen LogP) is 1.69. The molecule has 1 rings (SSSR count). The van der Waals surface area contributed by atoms with Gasteiger partial charge in [0.1, 0.15) is 5.82 Å². The van der Waals surface area contributed by atoms with Gasteiger partial charge in [0.2, 0.25) is 5.91 Å². The van der Waals surface area contributed by atoms with Crippen LogP contribution in [-0.2, 0) is 4.79 Å². The summed E-state index contributed by atoms with van der Waals surface area (Å²) in [6.07, 6.45) is 0. The van der Waals surface area contributed by atoms with Crippen LogP contribution < -0.4 is 5.32 Å². The molecule has 98 valence electrons. The number of carbonyl (C=O) groups is 2. The number of halogens is 2. The van der Waals surface area contributed by atoms with Crippen molar-refractivity contribution in [2.45, 2.75) is 6.92 Å². The number of rotatable bonds is 4. The third kappa shape index (κ3) is 3.43. The van der Waals surface area contributed by atoms with Crippen molar-refractivity contribution >= 4 is 23.4 Å². The van der Waals surface area contributed by atoms with E-state index in [4.69, 9.17) is 11.6 Å². The van der Waals surface area contributed by atoms with Crippen molar-refractivity contribution < 1.29 is 14.0 Å². The van der Waals surface area contributed by atoms with Gasteiger partial charge in [0, 0.05) is 18.6 Å². The summed E-state index contributed by atoms with van der Waals surface area (Å²) in [7, 11) is 1.47. The molecule has 0 aliphatic carbocycles. The Balaban J connectivity index is 2.96. The summed E-state index contributed by atoms with van der Waals surface area (Å²) < 4.78 is 13.5. The van der Waals surface area contributed by atoms with Crippen molar-refractivity contribution in [3.05, 3.63) is 34.6 Å². The van der Waals surface area contributed by atoms with E-state index in [0.29, 0.717) is 6.54 Å². The van der Waals surface area contributed by atoms with Crippen LogP contribution in [0.3, 0.4) is 0 Å². The zero-order valence-electron chi connectivity index (χ0n) is 10.2. The topological polar surface area (TPSA) is 49.4 Å². The molecule has 6 heteroatoms. The number of benzene rings is 1. The average Bonchev–Trinajstić information content (AvgIpc) is 2.37. The number of carbonyl (C=O) groups excluding carboxylic acids is 2. The molecule has 2 amide bonds. The van der Waals surface area contributed by atoms with Gasteiger partial charge in [0.05, 0.1) is 12.1 Å². The second kappa shape index (κ2) is 6.35. The Bertz CT molecular complexity index is 465. The van der Waals surface area contributed by atoms with Gasteiger partial charge in [-0.25, -0.2) is 4.39 Å². The molecule has 1 N–H and O–H groups in total. The molecule has 4 nitrogen and oxygen atoms in total. The van der Waals surface area contributed by atoms with Crippen LogP contribution in [0.1, 0.15) is 17.3 Å². The summed E-state index contributed by atoms with van der Waals surface area (Å²) in [5.41, 5.74) is -0.131. The molecule has 0 fully saturated rings. The van der Waals surface area contributed by atoms with Crippen molar-refractivity contribution in [3.63, 3.8) is 0 Å². The third-order valence-corrected chi connectivity index (χ3v) is 2.68. The molecule has 0 saturated heterocycles. The van der Waals surface area contributed by atoms with E-state index in [0.717, 1.165) is 6.07 Å². The Morgan fingerprint density at radius 3 is 2.67 bits per heavy atom. The number of amides is 2. The molecule has 0 aliphatic heterocycles. The Kier molecular flexibility index (Phi) is 5.09. The van der Waals surface area contributed by atoms with Crippen LogP contribution in [0, 0.1) is 5.82 Å². The van der Waals surface area contributed by atoms with E-state index >= 15 is 0 Å². The Morgan fingerprint density at radius 1 is 1.44 bits per heavy atom. The fraction of sp³-hybridized carbons (Fsp3) is 0.333. The fourth-order valence-corrected chi connectivity index (χ4v) is 1.58. The molecule has 0 aromatic heterocycles. The lowest BCUT2D eigenvalue weighted by Crippen LogP contribution is -2.39. The van der Waals surface area contributed by atoms with Gasteiger partial charge in [0.25, 0.3) is 5.91 Å². The molecule has 0 heterocycles. The number of likely N-dealkylation sites (N-methyl/N-ethyl adjacent to an activating group) is 2. The molecule has 0 bridgehead atoms. The lowest BCUT2D eigenvalue weighted by Gasteiger charge is -2.20. The quantitative estimate of drug-likeness (QED) is 0.907. The van der Waals surface area contributed by atoms with E-state index in [-0.39, 0.29) is 23.0 Å². The van der Waals surface area contributed by atoms with Crippen molar-refractivity contribution in [1.82, 2.24) is 10.2 Å². The molecule has 18 heavy (non-hydrogen) atoms. The van der Waals surface area contributed by atoms with Gasteiger partial charge < -0.3 is 10.2 Å². The molecule has 1 aromatic carbocycles. The normalized spacial score (nSPS) is 10.0. The van der Waals surface area contributed by atoms with Crippen LogP contribution in [0.5, 0.6) is 0 Å². The monoisotopic (exact) mass is 272 g/mol. The van der Waals surface area contributed by atoms with Gasteiger partial charge in [-0.3, -0.25) is 9.59 Å². The molecule has 0 atom stereocenters. The van der Waals surface area contributed by atoms with E-state index in [2.05, 4.69) is 5.32 Å². The Labute approximate surface area is 110 Å². The van der Waals surface area contributed by atoms with Gasteiger partial charge in [-0.2, -0.15) is 0 Å². The molecule has 0 aliphatic rings. The summed E-state index contributed by atoms with van der Waals surface area (Å²) >= 11 is 5.73. The smallest absolute Gasteiger partial charge is 0.257 e. The summed E-state index contributed by atoms with van der Waals surface area (Å²) in [5.74, 6) is -1.52. The van der Waals surface area contributed by atoms with Gasteiger partial charge in [-0.05, 0) is 25.1 Å². The number of hydrogen-bond acceptors (Lipinski definition) is 2. The highest BCUT2D eigenvalue weighted by molar-refractivity contribution is 6.31. The molecular formula is C12H14ClFN2O2. The molecule has 0 saturated carbocycles. The second-order valence-corrected chi connectivity index (χ2v) is 4.05. The zero-order valence-corrected chi connectivity index (χ0v) is 10.9. The highest BCUT2D eigenvalue weighted by Crippen LogP contribution is 2.16. The lowest BCUT2D eigenvalue weighted by molar-refractivity contribution is -0.121. The highest BCUT2D eigenvalue weighted by atomic mass is 35.5. The molecule has 0 spiro atoms. The third-order valence-electron chi connectivity index (χ3n) is 2.44. The number of hydrogen-bond donors (Lipinski definition) is 1. The number of nitrogens with one attached hydrogen (secondary N) is 1. The minimum absolute atomic E-state index is 0.113. The van der Waals surface area contributed by atoms with Crippen molar-refractivity contribution in [2.75, 3.05) is 20.1 Å². The van der Waals surface area contributed by atoms with Crippen molar-refractivity contribution in [1.29, 1.82) is 0 Å². The van der Waals surface area contributed by atoms with Crippen molar-refractivity contribution in [3.8, 4) is 0 Å². The van der Waals surface area contributed by atoms with Crippen LogP contribution in [0.15, 0.2) is 18.2 Å². The van der Waals surface area contributed by atoms with Gasteiger partial charge in [0.15, 0.2) is 0 Å². The van der Waals surface area contributed by atoms with E-state index in [1.807, 2.05) is 0 Å². The van der Waals surface area contributed by atoms with Gasteiger partial charge >= 0.3 is 0 Å². The minimum atomic E-state index is -0.653. The first kappa shape index (κ1) is 14.4.